The highest BCUT2D eigenvalue weighted by atomic mass is 32.1. The summed E-state index contributed by atoms with van der Waals surface area (Å²) in [7, 11) is 1.37. The van der Waals surface area contributed by atoms with Crippen molar-refractivity contribution in [2.45, 2.75) is 26.2 Å². The van der Waals surface area contributed by atoms with Gasteiger partial charge in [-0.1, -0.05) is 18.2 Å². The van der Waals surface area contributed by atoms with Crippen molar-refractivity contribution in [3.63, 3.8) is 0 Å². The molecule has 156 valence electrons. The molecule has 0 spiro atoms. The first-order valence-corrected chi connectivity index (χ1v) is 11.7. The Morgan fingerprint density at radius 2 is 1.94 bits per heavy atom. The van der Waals surface area contributed by atoms with E-state index >= 15 is 0 Å². The average molecular weight is 449 g/mol. The number of para-hydroxylation sites is 1. The van der Waals surface area contributed by atoms with Crippen LogP contribution in [0.1, 0.15) is 42.5 Å². The Kier molecular flexibility index (Phi) is 5.08. The SMILES string of the molecule is COC(=O)c1c(NC(=O)c2cc(-c3ccc(C)s3)nc3ccccc23)sc2c1CCC2. The number of fused-ring (bicyclic) bond motifs is 2. The molecule has 0 radical (unpaired) electrons. The number of hydrogen-bond acceptors (Lipinski definition) is 6. The summed E-state index contributed by atoms with van der Waals surface area (Å²) in [6, 6.07) is 13.5. The summed E-state index contributed by atoms with van der Waals surface area (Å²) in [6.07, 6.45) is 2.80. The molecule has 4 aromatic rings. The fourth-order valence-electron chi connectivity index (χ4n) is 4.04. The van der Waals surface area contributed by atoms with Crippen molar-refractivity contribution in [2.75, 3.05) is 12.4 Å². The Morgan fingerprint density at radius 1 is 1.10 bits per heavy atom. The van der Waals surface area contributed by atoms with Gasteiger partial charge < -0.3 is 10.1 Å². The third-order valence-electron chi connectivity index (χ3n) is 5.49. The van der Waals surface area contributed by atoms with Crippen LogP contribution in [0.3, 0.4) is 0 Å². The van der Waals surface area contributed by atoms with Crippen LogP contribution in [0, 0.1) is 6.92 Å². The predicted molar refractivity (Wildman–Crippen MR) is 125 cm³/mol. The van der Waals surface area contributed by atoms with Crippen LogP contribution in [-0.2, 0) is 17.6 Å². The number of aryl methyl sites for hydroxylation is 2. The van der Waals surface area contributed by atoms with Crippen molar-refractivity contribution in [2.24, 2.45) is 0 Å². The van der Waals surface area contributed by atoms with E-state index in [9.17, 15) is 9.59 Å². The summed E-state index contributed by atoms with van der Waals surface area (Å²) in [5.41, 5.74) is 3.58. The Hall–Kier alpha value is -3.03. The van der Waals surface area contributed by atoms with Crippen molar-refractivity contribution in [3.8, 4) is 10.6 Å². The second-order valence-corrected chi connectivity index (χ2v) is 9.88. The summed E-state index contributed by atoms with van der Waals surface area (Å²) in [4.78, 5) is 34.0. The molecule has 7 heteroatoms. The molecule has 5 rings (SSSR count). The van der Waals surface area contributed by atoms with Gasteiger partial charge in [-0.05, 0) is 56.0 Å². The summed E-state index contributed by atoms with van der Waals surface area (Å²) >= 11 is 3.12. The highest BCUT2D eigenvalue weighted by Crippen LogP contribution is 2.40. The summed E-state index contributed by atoms with van der Waals surface area (Å²) in [5.74, 6) is -0.651. The van der Waals surface area contributed by atoms with E-state index in [1.165, 1.54) is 23.3 Å². The average Bonchev–Trinajstić information content (AvgIpc) is 3.48. The van der Waals surface area contributed by atoms with Gasteiger partial charge in [0.2, 0.25) is 0 Å². The number of aromatic nitrogens is 1. The van der Waals surface area contributed by atoms with Gasteiger partial charge in [-0.25, -0.2) is 9.78 Å². The van der Waals surface area contributed by atoms with E-state index in [-0.39, 0.29) is 5.91 Å². The number of ether oxygens (including phenoxy) is 1. The molecule has 0 fully saturated rings. The number of nitrogens with zero attached hydrogens (tertiary/aromatic N) is 1. The van der Waals surface area contributed by atoms with Gasteiger partial charge in [0.1, 0.15) is 5.00 Å². The van der Waals surface area contributed by atoms with E-state index in [0.717, 1.165) is 51.2 Å². The zero-order chi connectivity index (χ0) is 21.5. The van der Waals surface area contributed by atoms with Gasteiger partial charge in [-0.2, -0.15) is 0 Å². The van der Waals surface area contributed by atoms with Crippen LogP contribution >= 0.6 is 22.7 Å². The van der Waals surface area contributed by atoms with Crippen LogP contribution in [0.2, 0.25) is 0 Å². The number of benzene rings is 1. The third kappa shape index (κ3) is 3.54. The molecule has 3 heterocycles. The number of rotatable bonds is 4. The smallest absolute Gasteiger partial charge is 0.341 e. The second-order valence-electron chi connectivity index (χ2n) is 7.49. The van der Waals surface area contributed by atoms with Gasteiger partial charge in [-0.3, -0.25) is 4.79 Å². The third-order valence-corrected chi connectivity index (χ3v) is 7.72. The fourth-order valence-corrected chi connectivity index (χ4v) is 6.14. The zero-order valence-corrected chi connectivity index (χ0v) is 18.8. The first-order valence-electron chi connectivity index (χ1n) is 10.1. The molecular formula is C24H20N2O3S2. The van der Waals surface area contributed by atoms with Crippen molar-refractivity contribution < 1.29 is 14.3 Å². The minimum atomic E-state index is -0.399. The Morgan fingerprint density at radius 3 is 2.71 bits per heavy atom. The first kappa shape index (κ1) is 19.9. The molecule has 0 aliphatic heterocycles. The van der Waals surface area contributed by atoms with Crippen LogP contribution in [0.25, 0.3) is 21.5 Å². The number of esters is 1. The number of methoxy groups -OCH3 is 1. The summed E-state index contributed by atoms with van der Waals surface area (Å²) in [6.45, 7) is 2.05. The maximum absolute atomic E-state index is 13.4. The highest BCUT2D eigenvalue weighted by Gasteiger charge is 2.28. The van der Waals surface area contributed by atoms with Crippen molar-refractivity contribution in [1.82, 2.24) is 4.98 Å². The first-order chi connectivity index (χ1) is 15.0. The second kappa shape index (κ2) is 7.90. The Labute approximate surface area is 187 Å². The molecule has 1 amide bonds. The molecule has 1 aliphatic carbocycles. The molecule has 3 aromatic heterocycles. The molecule has 0 saturated carbocycles. The number of anilines is 1. The van der Waals surface area contributed by atoms with Crippen molar-refractivity contribution in [3.05, 3.63) is 68.9 Å². The fraction of sp³-hybridized carbons (Fsp3) is 0.208. The van der Waals surface area contributed by atoms with E-state index < -0.39 is 5.97 Å². The standard InChI is InChI=1S/C24H20N2O3S2/c1-13-10-11-20(30-13)18-12-16(14-6-3-4-8-17(14)25-18)22(27)26-23-21(24(28)29-2)15-7-5-9-19(15)31-23/h3-4,6,8,10-12H,5,7,9H2,1-2H3,(H,26,27). The van der Waals surface area contributed by atoms with E-state index in [1.807, 2.05) is 49.4 Å². The quantitative estimate of drug-likeness (QED) is 0.397. The van der Waals surface area contributed by atoms with Crippen molar-refractivity contribution in [1.29, 1.82) is 0 Å². The van der Waals surface area contributed by atoms with Gasteiger partial charge in [0.25, 0.3) is 5.91 Å². The molecule has 0 unspecified atom stereocenters. The number of carbonyl (C=O) groups is 2. The van der Waals surface area contributed by atoms with E-state index in [4.69, 9.17) is 9.72 Å². The number of thiophene rings is 2. The molecule has 1 aromatic carbocycles. The number of pyridine rings is 1. The molecule has 1 aliphatic rings. The lowest BCUT2D eigenvalue weighted by Gasteiger charge is -2.10. The van der Waals surface area contributed by atoms with Crippen molar-refractivity contribution >= 4 is 50.5 Å². The van der Waals surface area contributed by atoms with Gasteiger partial charge in [0, 0.05) is 15.1 Å². The van der Waals surface area contributed by atoms with E-state index in [0.29, 0.717) is 16.1 Å². The summed E-state index contributed by atoms with van der Waals surface area (Å²) in [5, 5.41) is 4.35. The molecule has 0 saturated heterocycles. The minimum absolute atomic E-state index is 0.252. The maximum atomic E-state index is 13.4. The lowest BCUT2D eigenvalue weighted by Crippen LogP contribution is -2.15. The van der Waals surface area contributed by atoms with Gasteiger partial charge in [0.15, 0.2) is 0 Å². The Balaban J connectivity index is 1.59. The maximum Gasteiger partial charge on any atom is 0.341 e. The minimum Gasteiger partial charge on any atom is -0.465 e. The number of nitrogens with one attached hydrogen (secondary N) is 1. The predicted octanol–water partition coefficient (Wildman–Crippen LogP) is 5.86. The van der Waals surface area contributed by atoms with E-state index in [2.05, 4.69) is 5.32 Å². The lowest BCUT2D eigenvalue weighted by atomic mass is 10.1. The molecule has 0 bridgehead atoms. The summed E-state index contributed by atoms with van der Waals surface area (Å²) < 4.78 is 5.01. The van der Waals surface area contributed by atoms with Gasteiger partial charge in [0.05, 0.1) is 34.3 Å². The van der Waals surface area contributed by atoms with Crippen LogP contribution in [-0.4, -0.2) is 24.0 Å². The molecule has 31 heavy (non-hydrogen) atoms. The zero-order valence-electron chi connectivity index (χ0n) is 17.2. The van der Waals surface area contributed by atoms with Crippen LogP contribution < -0.4 is 5.32 Å². The van der Waals surface area contributed by atoms with Crippen LogP contribution in [0.5, 0.6) is 0 Å². The highest BCUT2D eigenvalue weighted by molar-refractivity contribution is 7.17. The van der Waals surface area contributed by atoms with Crippen LogP contribution in [0.15, 0.2) is 42.5 Å². The van der Waals surface area contributed by atoms with Gasteiger partial charge >= 0.3 is 5.97 Å². The number of carbonyl (C=O) groups excluding carboxylic acids is 2. The normalized spacial score (nSPS) is 12.7. The molecule has 0 atom stereocenters. The number of amides is 1. The molecular weight excluding hydrogens is 428 g/mol. The Bertz CT molecular complexity index is 1340. The van der Waals surface area contributed by atoms with Gasteiger partial charge in [-0.15, -0.1) is 22.7 Å². The number of hydrogen-bond donors (Lipinski definition) is 1. The topological polar surface area (TPSA) is 68.3 Å². The largest absolute Gasteiger partial charge is 0.465 e. The molecule has 1 N–H and O–H groups in total. The monoisotopic (exact) mass is 448 g/mol. The van der Waals surface area contributed by atoms with Crippen LogP contribution in [0.4, 0.5) is 5.00 Å². The lowest BCUT2D eigenvalue weighted by molar-refractivity contribution is 0.0601. The molecule has 5 nitrogen and oxygen atoms in total. The van der Waals surface area contributed by atoms with E-state index in [1.54, 1.807) is 11.3 Å².